The van der Waals surface area contributed by atoms with Crippen LogP contribution < -0.4 is 5.32 Å². The van der Waals surface area contributed by atoms with Gasteiger partial charge in [-0.3, -0.25) is 9.69 Å². The van der Waals surface area contributed by atoms with E-state index in [1.807, 2.05) is 13.8 Å². The van der Waals surface area contributed by atoms with Crippen LogP contribution >= 0.6 is 0 Å². The fourth-order valence-corrected chi connectivity index (χ4v) is 2.28. The molecule has 0 aromatic carbocycles. The normalized spacial score (nSPS) is 24.9. The van der Waals surface area contributed by atoms with Crippen LogP contribution in [-0.2, 0) is 4.79 Å². The second kappa shape index (κ2) is 3.25. The molecule has 2 amide bonds. The number of hydrogen-bond acceptors (Lipinski definition) is 2. The first kappa shape index (κ1) is 10.0. The van der Waals surface area contributed by atoms with Crippen molar-refractivity contribution in [3.8, 4) is 0 Å². The number of carbonyl (C=O) groups is 2. The summed E-state index contributed by atoms with van der Waals surface area (Å²) >= 11 is 0. The molecule has 15 heavy (non-hydrogen) atoms. The Hall–Kier alpha value is -1.52. The summed E-state index contributed by atoms with van der Waals surface area (Å²) in [7, 11) is 0. The fraction of sp³-hybridized carbons (Fsp3) is 0.600. The van der Waals surface area contributed by atoms with Crippen LogP contribution in [0.3, 0.4) is 0 Å². The van der Waals surface area contributed by atoms with Gasteiger partial charge in [-0.15, -0.1) is 0 Å². The third-order valence-corrected chi connectivity index (χ3v) is 2.93. The van der Waals surface area contributed by atoms with E-state index in [1.165, 1.54) is 4.90 Å². The van der Waals surface area contributed by atoms with Crippen molar-refractivity contribution in [1.82, 2.24) is 10.2 Å². The molecule has 0 saturated heterocycles. The predicted molar refractivity (Wildman–Crippen MR) is 52.8 cm³/mol. The zero-order chi connectivity index (χ0) is 11.2. The highest BCUT2D eigenvalue weighted by Gasteiger charge is 2.43. The highest BCUT2D eigenvalue weighted by molar-refractivity contribution is 5.89. The summed E-state index contributed by atoms with van der Waals surface area (Å²) in [4.78, 5) is 23.9. The Bertz CT molecular complexity index is 360. The van der Waals surface area contributed by atoms with E-state index in [4.69, 9.17) is 5.11 Å². The van der Waals surface area contributed by atoms with E-state index in [9.17, 15) is 9.59 Å². The zero-order valence-corrected chi connectivity index (χ0v) is 8.78. The fourth-order valence-electron chi connectivity index (χ4n) is 2.28. The van der Waals surface area contributed by atoms with Crippen molar-refractivity contribution in [2.45, 2.75) is 20.3 Å². The van der Waals surface area contributed by atoms with Gasteiger partial charge < -0.3 is 10.4 Å². The summed E-state index contributed by atoms with van der Waals surface area (Å²) in [6.07, 6.45) is -0.349. The molecule has 0 aromatic rings. The topological polar surface area (TPSA) is 69.6 Å². The molecule has 82 valence electrons. The van der Waals surface area contributed by atoms with E-state index >= 15 is 0 Å². The molecular formula is C10H14N2O3. The Kier molecular flexibility index (Phi) is 2.17. The van der Waals surface area contributed by atoms with E-state index in [0.717, 1.165) is 5.70 Å². The maximum atomic E-state index is 11.6. The second-order valence-corrected chi connectivity index (χ2v) is 4.26. The smallest absolute Gasteiger partial charge is 0.411 e. The van der Waals surface area contributed by atoms with Crippen molar-refractivity contribution in [1.29, 1.82) is 0 Å². The molecule has 0 bridgehead atoms. The first-order chi connectivity index (χ1) is 7.02. The molecule has 5 nitrogen and oxygen atoms in total. The molecule has 5 heteroatoms. The summed E-state index contributed by atoms with van der Waals surface area (Å²) < 4.78 is 0. The number of nitrogens with zero attached hydrogens (tertiary/aromatic N) is 1. The van der Waals surface area contributed by atoms with E-state index in [1.54, 1.807) is 0 Å². The van der Waals surface area contributed by atoms with Gasteiger partial charge in [-0.1, -0.05) is 13.8 Å². The Labute approximate surface area is 87.7 Å². The van der Waals surface area contributed by atoms with Gasteiger partial charge in [-0.25, -0.2) is 4.79 Å². The molecule has 2 aliphatic rings. The molecule has 0 aliphatic carbocycles. The Balaban J connectivity index is 2.34. The van der Waals surface area contributed by atoms with Crippen LogP contribution in [0.4, 0.5) is 4.79 Å². The van der Waals surface area contributed by atoms with Gasteiger partial charge in [0.2, 0.25) is 5.91 Å². The number of carboxylic acid groups (broad SMARTS) is 1. The Morgan fingerprint density at radius 1 is 1.60 bits per heavy atom. The average molecular weight is 210 g/mol. The van der Waals surface area contributed by atoms with Crippen LogP contribution in [0, 0.1) is 11.8 Å². The summed E-state index contributed by atoms with van der Waals surface area (Å²) in [5.41, 5.74) is 1.46. The maximum Gasteiger partial charge on any atom is 0.411 e. The maximum absolute atomic E-state index is 11.6. The van der Waals surface area contributed by atoms with Crippen molar-refractivity contribution in [3.05, 3.63) is 11.4 Å². The minimum absolute atomic E-state index is 0.0686. The highest BCUT2D eigenvalue weighted by Crippen LogP contribution is 2.36. The summed E-state index contributed by atoms with van der Waals surface area (Å²) in [6.45, 7) is 4.32. The molecule has 0 radical (unpaired) electrons. The Morgan fingerprint density at radius 3 is 2.80 bits per heavy atom. The van der Waals surface area contributed by atoms with Crippen LogP contribution in [-0.4, -0.2) is 28.6 Å². The number of hydrogen-bond donors (Lipinski definition) is 2. The number of amides is 2. The molecule has 0 unspecified atom stereocenters. The molecule has 2 aliphatic heterocycles. The third kappa shape index (κ3) is 1.38. The van der Waals surface area contributed by atoms with Gasteiger partial charge in [0, 0.05) is 18.7 Å². The van der Waals surface area contributed by atoms with Crippen molar-refractivity contribution >= 4 is 12.0 Å². The lowest BCUT2D eigenvalue weighted by molar-refractivity contribution is -0.123. The SMILES string of the molecule is CC(C)[C@H]1C(=O)NC2=C1N(C(=O)O)CC2. The lowest BCUT2D eigenvalue weighted by Gasteiger charge is -2.22. The third-order valence-electron chi connectivity index (χ3n) is 2.93. The highest BCUT2D eigenvalue weighted by atomic mass is 16.4. The van der Waals surface area contributed by atoms with Crippen molar-refractivity contribution in [2.75, 3.05) is 6.54 Å². The summed E-state index contributed by atoms with van der Waals surface area (Å²) in [6, 6.07) is 0. The lowest BCUT2D eigenvalue weighted by Crippen LogP contribution is -2.35. The molecule has 2 heterocycles. The quantitative estimate of drug-likeness (QED) is 0.678. The van der Waals surface area contributed by atoms with Crippen LogP contribution in [0.15, 0.2) is 11.4 Å². The van der Waals surface area contributed by atoms with Gasteiger partial charge in [0.05, 0.1) is 11.6 Å². The van der Waals surface area contributed by atoms with Gasteiger partial charge in [0.1, 0.15) is 0 Å². The minimum Gasteiger partial charge on any atom is -0.465 e. The van der Waals surface area contributed by atoms with Gasteiger partial charge in [-0.2, -0.15) is 0 Å². The predicted octanol–water partition coefficient (Wildman–Crippen LogP) is 0.984. The van der Waals surface area contributed by atoms with Crippen molar-refractivity contribution in [2.24, 2.45) is 11.8 Å². The van der Waals surface area contributed by atoms with Crippen LogP contribution in [0.1, 0.15) is 20.3 Å². The van der Waals surface area contributed by atoms with Crippen LogP contribution in [0.5, 0.6) is 0 Å². The summed E-state index contributed by atoms with van der Waals surface area (Å²) in [5, 5.41) is 11.8. The van der Waals surface area contributed by atoms with E-state index < -0.39 is 6.09 Å². The van der Waals surface area contributed by atoms with Gasteiger partial charge in [0.25, 0.3) is 0 Å². The second-order valence-electron chi connectivity index (χ2n) is 4.26. The molecule has 0 fully saturated rings. The number of nitrogens with one attached hydrogen (secondary N) is 1. The monoisotopic (exact) mass is 210 g/mol. The molecular weight excluding hydrogens is 196 g/mol. The Morgan fingerprint density at radius 2 is 2.27 bits per heavy atom. The largest absolute Gasteiger partial charge is 0.465 e. The van der Waals surface area contributed by atoms with E-state index in [2.05, 4.69) is 5.32 Å². The number of carbonyl (C=O) groups excluding carboxylic acids is 1. The van der Waals surface area contributed by atoms with E-state index in [-0.39, 0.29) is 17.7 Å². The average Bonchev–Trinajstić information content (AvgIpc) is 2.59. The lowest BCUT2D eigenvalue weighted by atomic mass is 9.93. The molecule has 2 rings (SSSR count). The van der Waals surface area contributed by atoms with Crippen molar-refractivity contribution in [3.63, 3.8) is 0 Å². The molecule has 1 atom stereocenters. The zero-order valence-electron chi connectivity index (χ0n) is 8.78. The molecule has 0 spiro atoms. The van der Waals surface area contributed by atoms with Crippen LogP contribution in [0.25, 0.3) is 0 Å². The standard InChI is InChI=1S/C10H14N2O3/c1-5(2)7-8-6(11-9(7)13)3-4-12(8)10(14)15/h5,7H,3-4H2,1-2H3,(H,11,13)(H,14,15)/t7-/m1/s1. The van der Waals surface area contributed by atoms with Crippen LogP contribution in [0.2, 0.25) is 0 Å². The van der Waals surface area contributed by atoms with Crippen molar-refractivity contribution < 1.29 is 14.7 Å². The van der Waals surface area contributed by atoms with Gasteiger partial charge in [0.15, 0.2) is 0 Å². The molecule has 0 saturated carbocycles. The first-order valence-electron chi connectivity index (χ1n) is 5.06. The number of rotatable bonds is 1. The first-order valence-corrected chi connectivity index (χ1v) is 5.06. The molecule has 0 aromatic heterocycles. The summed E-state index contributed by atoms with van der Waals surface area (Å²) in [5.74, 6) is -0.253. The molecule has 2 N–H and O–H groups in total. The van der Waals surface area contributed by atoms with E-state index in [0.29, 0.717) is 18.7 Å². The van der Waals surface area contributed by atoms with Gasteiger partial charge >= 0.3 is 6.09 Å². The van der Waals surface area contributed by atoms with Gasteiger partial charge in [-0.05, 0) is 5.92 Å². The minimum atomic E-state index is -0.970.